The van der Waals surface area contributed by atoms with Crippen LogP contribution in [0.1, 0.15) is 23.9 Å². The summed E-state index contributed by atoms with van der Waals surface area (Å²) in [6, 6.07) is 11.0. The van der Waals surface area contributed by atoms with E-state index < -0.39 is 0 Å². The zero-order valence-corrected chi connectivity index (χ0v) is 12.6. The smallest absolute Gasteiger partial charge is 0.294 e. The molecule has 1 unspecified atom stereocenters. The highest BCUT2D eigenvalue weighted by Gasteiger charge is 2.30. The van der Waals surface area contributed by atoms with Gasteiger partial charge in [0.25, 0.3) is 5.91 Å². The highest BCUT2D eigenvalue weighted by atomic mass is 79.9. The molecule has 0 N–H and O–H groups in total. The second-order valence-corrected chi connectivity index (χ2v) is 5.42. The molecule has 20 heavy (non-hydrogen) atoms. The predicted octanol–water partition coefficient (Wildman–Crippen LogP) is 3.86. The van der Waals surface area contributed by atoms with E-state index in [1.165, 1.54) is 0 Å². The van der Waals surface area contributed by atoms with Gasteiger partial charge in [-0.15, -0.1) is 0 Å². The third-order valence-electron chi connectivity index (χ3n) is 3.32. The van der Waals surface area contributed by atoms with Gasteiger partial charge in [0.2, 0.25) is 0 Å². The minimum Gasteiger partial charge on any atom is -0.486 e. The van der Waals surface area contributed by atoms with Crippen LogP contribution in [-0.2, 0) is 0 Å². The van der Waals surface area contributed by atoms with Crippen LogP contribution in [0.2, 0.25) is 0 Å². The topological polar surface area (TPSA) is 42.7 Å². The fourth-order valence-corrected chi connectivity index (χ4v) is 2.57. The molecule has 1 atom stereocenters. The van der Waals surface area contributed by atoms with E-state index in [-0.39, 0.29) is 12.0 Å². The number of ether oxygens (including phenoxy) is 1. The van der Waals surface area contributed by atoms with Crippen LogP contribution < -0.4 is 9.64 Å². The third kappa shape index (κ3) is 2.33. The van der Waals surface area contributed by atoms with Gasteiger partial charge in [0.05, 0.1) is 12.2 Å². The average Bonchev–Trinajstić information content (AvgIpc) is 2.92. The van der Waals surface area contributed by atoms with Crippen LogP contribution in [-0.4, -0.2) is 18.6 Å². The number of carbonyl (C=O) groups is 1. The summed E-state index contributed by atoms with van der Waals surface area (Å²) in [4.78, 5) is 14.3. The zero-order valence-electron chi connectivity index (χ0n) is 11.0. The molecule has 3 rings (SSSR count). The Bertz CT molecular complexity index is 638. The molecule has 5 heteroatoms. The Morgan fingerprint density at radius 3 is 2.85 bits per heavy atom. The Morgan fingerprint density at radius 1 is 1.35 bits per heavy atom. The summed E-state index contributed by atoms with van der Waals surface area (Å²) in [5.74, 6) is 0.915. The van der Waals surface area contributed by atoms with Gasteiger partial charge in [-0.25, -0.2) is 0 Å². The fourth-order valence-electron chi connectivity index (χ4n) is 2.27. The van der Waals surface area contributed by atoms with Gasteiger partial charge in [-0.1, -0.05) is 19.1 Å². The molecular formula is C15H14BrNO3. The number of rotatable bonds is 2. The molecule has 1 aromatic carbocycles. The van der Waals surface area contributed by atoms with E-state index in [1.54, 1.807) is 17.0 Å². The van der Waals surface area contributed by atoms with Gasteiger partial charge in [-0.05, 0) is 46.6 Å². The molecule has 0 spiro atoms. The van der Waals surface area contributed by atoms with Crippen LogP contribution in [0.5, 0.6) is 5.75 Å². The van der Waals surface area contributed by atoms with E-state index in [9.17, 15) is 4.79 Å². The van der Waals surface area contributed by atoms with Gasteiger partial charge in [-0.2, -0.15) is 0 Å². The Kier molecular flexibility index (Phi) is 3.53. The molecule has 0 saturated heterocycles. The zero-order chi connectivity index (χ0) is 14.1. The summed E-state index contributed by atoms with van der Waals surface area (Å²) < 4.78 is 11.8. The molecule has 1 aliphatic heterocycles. The first kappa shape index (κ1) is 13.2. The summed E-state index contributed by atoms with van der Waals surface area (Å²) >= 11 is 3.22. The molecule has 1 aliphatic rings. The maximum atomic E-state index is 12.6. The number of halogens is 1. The number of hydrogen-bond acceptors (Lipinski definition) is 3. The number of amides is 1. The van der Waals surface area contributed by atoms with Crippen molar-refractivity contribution in [1.29, 1.82) is 0 Å². The largest absolute Gasteiger partial charge is 0.486 e. The molecule has 0 radical (unpaired) electrons. The number of para-hydroxylation sites is 2. The standard InChI is InChI=1S/C15H14BrNO3/c1-2-10-9-17(11-5-3-4-6-12(11)19-10)15(18)13-7-8-14(16)20-13/h3-8,10H,2,9H2,1H3. The van der Waals surface area contributed by atoms with Crippen molar-refractivity contribution >= 4 is 27.5 Å². The molecule has 2 heterocycles. The van der Waals surface area contributed by atoms with Gasteiger partial charge >= 0.3 is 0 Å². The number of hydrogen-bond donors (Lipinski definition) is 0. The SMILES string of the molecule is CCC1CN(C(=O)c2ccc(Br)o2)c2ccccc2O1. The number of carbonyl (C=O) groups excluding carboxylic acids is 1. The lowest BCUT2D eigenvalue weighted by Crippen LogP contribution is -2.43. The Hall–Kier alpha value is -1.75. The molecule has 104 valence electrons. The minimum absolute atomic E-state index is 0.00672. The van der Waals surface area contributed by atoms with E-state index in [2.05, 4.69) is 15.9 Å². The number of fused-ring (bicyclic) bond motifs is 1. The van der Waals surface area contributed by atoms with Gasteiger partial charge < -0.3 is 9.15 Å². The van der Waals surface area contributed by atoms with Crippen molar-refractivity contribution < 1.29 is 13.9 Å². The number of benzene rings is 1. The summed E-state index contributed by atoms with van der Waals surface area (Å²) in [6.45, 7) is 2.58. The highest BCUT2D eigenvalue weighted by molar-refractivity contribution is 9.10. The lowest BCUT2D eigenvalue weighted by molar-refractivity contribution is 0.0926. The summed E-state index contributed by atoms with van der Waals surface area (Å²) in [7, 11) is 0. The van der Waals surface area contributed by atoms with Gasteiger partial charge in [0, 0.05) is 0 Å². The Morgan fingerprint density at radius 2 is 2.15 bits per heavy atom. The molecule has 0 saturated carbocycles. The fraction of sp³-hybridized carbons (Fsp3) is 0.267. The molecular weight excluding hydrogens is 322 g/mol. The molecule has 1 aromatic heterocycles. The van der Waals surface area contributed by atoms with Crippen molar-refractivity contribution in [1.82, 2.24) is 0 Å². The van der Waals surface area contributed by atoms with Crippen LogP contribution in [0.3, 0.4) is 0 Å². The van der Waals surface area contributed by atoms with Gasteiger partial charge in [0.1, 0.15) is 11.9 Å². The second kappa shape index (κ2) is 5.32. The first-order valence-electron chi connectivity index (χ1n) is 6.52. The summed E-state index contributed by atoms with van der Waals surface area (Å²) in [5, 5.41) is 0. The second-order valence-electron chi connectivity index (χ2n) is 4.64. The van der Waals surface area contributed by atoms with Crippen LogP contribution in [0.25, 0.3) is 0 Å². The van der Waals surface area contributed by atoms with E-state index in [1.807, 2.05) is 31.2 Å². The number of furan rings is 1. The van der Waals surface area contributed by atoms with E-state index in [0.717, 1.165) is 17.9 Å². The van der Waals surface area contributed by atoms with E-state index in [4.69, 9.17) is 9.15 Å². The summed E-state index contributed by atoms with van der Waals surface area (Å²) in [6.07, 6.45) is 0.854. The normalized spacial score (nSPS) is 17.5. The van der Waals surface area contributed by atoms with Crippen molar-refractivity contribution in [2.45, 2.75) is 19.4 Å². The van der Waals surface area contributed by atoms with Crippen molar-refractivity contribution in [2.75, 3.05) is 11.4 Å². The maximum Gasteiger partial charge on any atom is 0.294 e. The Balaban J connectivity index is 1.98. The third-order valence-corrected chi connectivity index (χ3v) is 3.75. The van der Waals surface area contributed by atoms with Gasteiger partial charge in [-0.3, -0.25) is 9.69 Å². The average molecular weight is 336 g/mol. The molecule has 2 aromatic rings. The Labute approximate surface area is 125 Å². The van der Waals surface area contributed by atoms with Crippen LogP contribution >= 0.6 is 15.9 Å². The van der Waals surface area contributed by atoms with Crippen molar-refractivity contribution in [3.63, 3.8) is 0 Å². The molecule has 4 nitrogen and oxygen atoms in total. The lowest BCUT2D eigenvalue weighted by Gasteiger charge is -2.34. The molecule has 0 bridgehead atoms. The minimum atomic E-state index is -0.148. The van der Waals surface area contributed by atoms with Crippen molar-refractivity contribution in [3.8, 4) is 5.75 Å². The quantitative estimate of drug-likeness (QED) is 0.836. The maximum absolute atomic E-state index is 12.6. The summed E-state index contributed by atoms with van der Waals surface area (Å²) in [5.41, 5.74) is 0.787. The van der Waals surface area contributed by atoms with E-state index >= 15 is 0 Å². The van der Waals surface area contributed by atoms with Crippen LogP contribution in [0.15, 0.2) is 45.5 Å². The van der Waals surface area contributed by atoms with E-state index in [0.29, 0.717) is 17.0 Å². The monoisotopic (exact) mass is 335 g/mol. The number of anilines is 1. The van der Waals surface area contributed by atoms with Crippen LogP contribution in [0, 0.1) is 0 Å². The number of nitrogens with zero attached hydrogens (tertiary/aromatic N) is 1. The predicted molar refractivity (Wildman–Crippen MR) is 79.2 cm³/mol. The van der Waals surface area contributed by atoms with Crippen molar-refractivity contribution in [3.05, 3.63) is 46.8 Å². The van der Waals surface area contributed by atoms with Crippen molar-refractivity contribution in [2.24, 2.45) is 0 Å². The highest BCUT2D eigenvalue weighted by Crippen LogP contribution is 2.34. The molecule has 0 fully saturated rings. The van der Waals surface area contributed by atoms with Gasteiger partial charge in [0.15, 0.2) is 10.4 Å². The molecule has 1 amide bonds. The first-order chi connectivity index (χ1) is 9.69. The molecule has 0 aliphatic carbocycles. The first-order valence-corrected chi connectivity index (χ1v) is 7.31. The lowest BCUT2D eigenvalue weighted by atomic mass is 10.1. The van der Waals surface area contributed by atoms with Crippen LogP contribution in [0.4, 0.5) is 5.69 Å².